The van der Waals surface area contributed by atoms with E-state index in [4.69, 9.17) is 4.42 Å². The minimum atomic E-state index is 0.614. The second-order valence-electron chi connectivity index (χ2n) is 2.70. The molecule has 0 bridgehead atoms. The van der Waals surface area contributed by atoms with Crippen LogP contribution in [0.5, 0.6) is 0 Å². The molecule has 5 heteroatoms. The second-order valence-corrected chi connectivity index (χ2v) is 2.70. The molecule has 68 valence electrons. The molecule has 0 unspecified atom stereocenters. The SMILES string of the molecule is Cc1ccc(CNc2ncn[nH]2)o1. The van der Waals surface area contributed by atoms with Crippen molar-refractivity contribution in [3.05, 3.63) is 30.0 Å². The van der Waals surface area contributed by atoms with Crippen LogP contribution in [0, 0.1) is 6.92 Å². The Kier molecular flexibility index (Phi) is 1.99. The van der Waals surface area contributed by atoms with Crippen molar-refractivity contribution in [2.45, 2.75) is 13.5 Å². The first-order chi connectivity index (χ1) is 6.34. The largest absolute Gasteiger partial charge is 0.465 e. The first kappa shape index (κ1) is 7.85. The number of aromatic nitrogens is 3. The maximum Gasteiger partial charge on any atom is 0.218 e. The average molecular weight is 178 g/mol. The zero-order valence-corrected chi connectivity index (χ0v) is 7.24. The van der Waals surface area contributed by atoms with Crippen LogP contribution in [0.2, 0.25) is 0 Å². The van der Waals surface area contributed by atoms with Gasteiger partial charge in [0.25, 0.3) is 0 Å². The summed E-state index contributed by atoms with van der Waals surface area (Å²) in [4.78, 5) is 3.92. The summed E-state index contributed by atoms with van der Waals surface area (Å²) in [6, 6.07) is 3.86. The summed E-state index contributed by atoms with van der Waals surface area (Å²) in [6.07, 6.45) is 1.45. The molecular formula is C8H10N4O. The monoisotopic (exact) mass is 178 g/mol. The van der Waals surface area contributed by atoms with Gasteiger partial charge in [-0.15, -0.1) is 0 Å². The molecule has 2 aromatic heterocycles. The van der Waals surface area contributed by atoms with E-state index >= 15 is 0 Å². The van der Waals surface area contributed by atoms with Crippen LogP contribution in [-0.2, 0) is 6.54 Å². The molecule has 0 saturated heterocycles. The first-order valence-electron chi connectivity index (χ1n) is 3.99. The van der Waals surface area contributed by atoms with Crippen molar-refractivity contribution in [1.29, 1.82) is 0 Å². The summed E-state index contributed by atoms with van der Waals surface area (Å²) in [7, 11) is 0. The Balaban J connectivity index is 1.93. The summed E-state index contributed by atoms with van der Waals surface area (Å²) < 4.78 is 5.36. The number of hydrogen-bond donors (Lipinski definition) is 2. The van der Waals surface area contributed by atoms with Crippen LogP contribution in [0.4, 0.5) is 5.95 Å². The van der Waals surface area contributed by atoms with Crippen LogP contribution in [0.15, 0.2) is 22.9 Å². The number of furan rings is 1. The van der Waals surface area contributed by atoms with Crippen LogP contribution >= 0.6 is 0 Å². The van der Waals surface area contributed by atoms with E-state index in [1.807, 2.05) is 19.1 Å². The van der Waals surface area contributed by atoms with Gasteiger partial charge in [0.15, 0.2) is 0 Å². The van der Waals surface area contributed by atoms with E-state index in [0.717, 1.165) is 11.5 Å². The van der Waals surface area contributed by atoms with Gasteiger partial charge in [-0.05, 0) is 19.1 Å². The molecule has 0 amide bonds. The van der Waals surface area contributed by atoms with Crippen LogP contribution in [-0.4, -0.2) is 15.2 Å². The highest BCUT2D eigenvalue weighted by atomic mass is 16.3. The highest BCUT2D eigenvalue weighted by Gasteiger charge is 1.98. The Morgan fingerprint density at radius 3 is 3.08 bits per heavy atom. The maximum absolute atomic E-state index is 5.36. The number of H-pyrrole nitrogens is 1. The zero-order chi connectivity index (χ0) is 9.10. The fourth-order valence-electron chi connectivity index (χ4n) is 1.04. The predicted molar refractivity (Wildman–Crippen MR) is 47.2 cm³/mol. The minimum Gasteiger partial charge on any atom is -0.465 e. The van der Waals surface area contributed by atoms with Crippen molar-refractivity contribution < 1.29 is 4.42 Å². The standard InChI is InChI=1S/C8H10N4O/c1-6-2-3-7(13-6)4-9-8-10-5-11-12-8/h2-3,5H,4H2,1H3,(H2,9,10,11,12). The number of aromatic amines is 1. The molecule has 2 N–H and O–H groups in total. The van der Waals surface area contributed by atoms with Gasteiger partial charge >= 0.3 is 0 Å². The van der Waals surface area contributed by atoms with Crippen molar-refractivity contribution in [2.75, 3.05) is 5.32 Å². The van der Waals surface area contributed by atoms with Gasteiger partial charge in [-0.25, -0.2) is 10.1 Å². The molecule has 0 aliphatic heterocycles. The molecule has 0 aliphatic rings. The van der Waals surface area contributed by atoms with Gasteiger partial charge in [0.05, 0.1) is 6.54 Å². The third kappa shape index (κ3) is 1.87. The zero-order valence-electron chi connectivity index (χ0n) is 7.24. The molecule has 13 heavy (non-hydrogen) atoms. The van der Waals surface area contributed by atoms with Crippen molar-refractivity contribution in [3.63, 3.8) is 0 Å². The van der Waals surface area contributed by atoms with E-state index < -0.39 is 0 Å². The Labute approximate surface area is 75.2 Å². The molecule has 0 aromatic carbocycles. The quantitative estimate of drug-likeness (QED) is 0.743. The number of rotatable bonds is 3. The van der Waals surface area contributed by atoms with Crippen molar-refractivity contribution in [3.8, 4) is 0 Å². The van der Waals surface area contributed by atoms with E-state index in [1.54, 1.807) is 0 Å². The smallest absolute Gasteiger partial charge is 0.218 e. The molecule has 0 spiro atoms. The van der Waals surface area contributed by atoms with Gasteiger partial charge in [-0.3, -0.25) is 0 Å². The topological polar surface area (TPSA) is 66.7 Å². The lowest BCUT2D eigenvalue weighted by atomic mass is 10.4. The van der Waals surface area contributed by atoms with E-state index in [0.29, 0.717) is 12.5 Å². The fourth-order valence-corrected chi connectivity index (χ4v) is 1.04. The molecule has 2 rings (SSSR count). The Hall–Kier alpha value is -1.78. The van der Waals surface area contributed by atoms with Crippen molar-refractivity contribution in [1.82, 2.24) is 15.2 Å². The lowest BCUT2D eigenvalue weighted by molar-refractivity contribution is 0.490. The minimum absolute atomic E-state index is 0.614. The normalized spacial score (nSPS) is 10.2. The molecule has 0 fully saturated rings. The van der Waals surface area contributed by atoms with E-state index in [-0.39, 0.29) is 0 Å². The van der Waals surface area contributed by atoms with Crippen LogP contribution in [0.25, 0.3) is 0 Å². The molecule has 2 aromatic rings. The fraction of sp³-hybridized carbons (Fsp3) is 0.250. The van der Waals surface area contributed by atoms with Crippen LogP contribution in [0.3, 0.4) is 0 Å². The van der Waals surface area contributed by atoms with Gasteiger partial charge < -0.3 is 9.73 Å². The summed E-state index contributed by atoms with van der Waals surface area (Å²) in [6.45, 7) is 2.53. The predicted octanol–water partition coefficient (Wildman–Crippen LogP) is 1.32. The number of nitrogens with one attached hydrogen (secondary N) is 2. The number of hydrogen-bond acceptors (Lipinski definition) is 4. The lowest BCUT2D eigenvalue weighted by Crippen LogP contribution is -1.99. The molecule has 2 heterocycles. The van der Waals surface area contributed by atoms with E-state index in [2.05, 4.69) is 20.5 Å². The van der Waals surface area contributed by atoms with Crippen LogP contribution in [0.1, 0.15) is 11.5 Å². The molecule has 0 radical (unpaired) electrons. The van der Waals surface area contributed by atoms with Gasteiger partial charge in [0.2, 0.25) is 5.95 Å². The summed E-state index contributed by atoms with van der Waals surface area (Å²) in [5, 5.41) is 9.44. The van der Waals surface area contributed by atoms with Gasteiger partial charge in [-0.1, -0.05) is 0 Å². The van der Waals surface area contributed by atoms with Gasteiger partial charge in [-0.2, -0.15) is 5.10 Å². The molecule has 0 atom stereocenters. The van der Waals surface area contributed by atoms with Gasteiger partial charge in [0.1, 0.15) is 17.8 Å². The van der Waals surface area contributed by atoms with E-state index in [1.165, 1.54) is 6.33 Å². The van der Waals surface area contributed by atoms with Gasteiger partial charge in [0, 0.05) is 0 Å². The maximum atomic E-state index is 5.36. The molecule has 0 saturated carbocycles. The molecule has 5 nitrogen and oxygen atoms in total. The molecular weight excluding hydrogens is 168 g/mol. The van der Waals surface area contributed by atoms with Crippen LogP contribution < -0.4 is 5.32 Å². The Morgan fingerprint density at radius 2 is 2.46 bits per heavy atom. The highest BCUT2D eigenvalue weighted by molar-refractivity contribution is 5.22. The van der Waals surface area contributed by atoms with Crippen molar-refractivity contribution in [2.24, 2.45) is 0 Å². The summed E-state index contributed by atoms with van der Waals surface area (Å²) in [5.74, 6) is 2.44. The lowest BCUT2D eigenvalue weighted by Gasteiger charge is -1.97. The second kappa shape index (κ2) is 3.30. The third-order valence-electron chi connectivity index (χ3n) is 1.64. The first-order valence-corrected chi connectivity index (χ1v) is 3.99. The third-order valence-corrected chi connectivity index (χ3v) is 1.64. The molecule has 0 aliphatic carbocycles. The Bertz CT molecular complexity index is 365. The Morgan fingerprint density at radius 1 is 1.54 bits per heavy atom. The van der Waals surface area contributed by atoms with E-state index in [9.17, 15) is 0 Å². The average Bonchev–Trinajstić information content (AvgIpc) is 2.71. The van der Waals surface area contributed by atoms with Crippen molar-refractivity contribution >= 4 is 5.95 Å². The highest BCUT2D eigenvalue weighted by Crippen LogP contribution is 2.07. The summed E-state index contributed by atoms with van der Waals surface area (Å²) >= 11 is 0. The number of anilines is 1. The number of nitrogens with zero attached hydrogens (tertiary/aromatic N) is 2. The number of aryl methyl sites for hydroxylation is 1. The summed E-state index contributed by atoms with van der Waals surface area (Å²) in [5.41, 5.74) is 0.